The normalized spacial score (nSPS) is 11.5. The van der Waals surface area contributed by atoms with Crippen LogP contribution in [0.4, 0.5) is 0 Å². The molecule has 1 aromatic rings. The van der Waals surface area contributed by atoms with Crippen molar-refractivity contribution in [2.75, 3.05) is 12.4 Å². The molecule has 0 amide bonds. The number of ether oxygens (including phenoxy) is 1. The summed E-state index contributed by atoms with van der Waals surface area (Å²) in [7, 11) is 1.66. The van der Waals surface area contributed by atoms with E-state index < -0.39 is 9.05 Å². The van der Waals surface area contributed by atoms with Crippen molar-refractivity contribution >= 4 is 42.9 Å². The standard InChI is InChI=1S/C10H11Cl3O3S/c11-8-3-4-10(9(12)7-8)16-5-1-2-6-17(13,14)15/h3-4,7H,1-2,5-6H2. The average Bonchev–Trinajstić information content (AvgIpc) is 2.18. The molecule has 0 aromatic heterocycles. The number of benzene rings is 1. The minimum Gasteiger partial charge on any atom is -0.492 e. The van der Waals surface area contributed by atoms with E-state index in [0.717, 1.165) is 0 Å². The second-order valence-corrected chi connectivity index (χ2v) is 7.11. The summed E-state index contributed by atoms with van der Waals surface area (Å²) in [5.74, 6) is 0.483. The van der Waals surface area contributed by atoms with Crippen LogP contribution in [0.5, 0.6) is 5.75 Å². The Morgan fingerprint density at radius 3 is 2.47 bits per heavy atom. The molecule has 0 N–H and O–H groups in total. The molecule has 0 fully saturated rings. The van der Waals surface area contributed by atoms with E-state index in [4.69, 9.17) is 38.6 Å². The van der Waals surface area contributed by atoms with E-state index in [-0.39, 0.29) is 5.75 Å². The summed E-state index contributed by atoms with van der Waals surface area (Å²) in [6, 6.07) is 4.93. The molecule has 0 aliphatic heterocycles. The maximum Gasteiger partial charge on any atom is 0.232 e. The molecule has 96 valence electrons. The van der Waals surface area contributed by atoms with E-state index in [2.05, 4.69) is 0 Å². The van der Waals surface area contributed by atoms with Crippen molar-refractivity contribution < 1.29 is 13.2 Å². The first-order valence-electron chi connectivity index (χ1n) is 4.89. The molecule has 1 rings (SSSR count). The molecule has 0 radical (unpaired) electrons. The van der Waals surface area contributed by atoms with Crippen molar-refractivity contribution in [2.24, 2.45) is 0 Å². The van der Waals surface area contributed by atoms with Gasteiger partial charge in [-0.25, -0.2) is 8.42 Å². The summed E-state index contributed by atoms with van der Waals surface area (Å²) in [5.41, 5.74) is 0. The Kier molecular flexibility index (Phi) is 5.86. The van der Waals surface area contributed by atoms with Crippen LogP contribution in [-0.4, -0.2) is 20.8 Å². The number of hydrogen-bond donors (Lipinski definition) is 0. The molecule has 0 spiro atoms. The van der Waals surface area contributed by atoms with E-state index in [1.165, 1.54) is 0 Å². The van der Waals surface area contributed by atoms with E-state index in [0.29, 0.717) is 35.2 Å². The third-order valence-electron chi connectivity index (χ3n) is 1.93. The predicted molar refractivity (Wildman–Crippen MR) is 70.8 cm³/mol. The van der Waals surface area contributed by atoms with Gasteiger partial charge in [0.1, 0.15) is 5.75 Å². The summed E-state index contributed by atoms with van der Waals surface area (Å²) in [4.78, 5) is 0. The fourth-order valence-electron chi connectivity index (χ4n) is 1.15. The number of hydrogen-bond acceptors (Lipinski definition) is 3. The van der Waals surface area contributed by atoms with Crippen LogP contribution < -0.4 is 4.74 Å². The molecular formula is C10H11Cl3O3S. The molecule has 3 nitrogen and oxygen atoms in total. The number of rotatable bonds is 6. The zero-order valence-electron chi connectivity index (χ0n) is 8.83. The third kappa shape index (κ3) is 6.36. The van der Waals surface area contributed by atoms with Crippen molar-refractivity contribution in [2.45, 2.75) is 12.8 Å². The highest BCUT2D eigenvalue weighted by atomic mass is 35.7. The predicted octanol–water partition coefficient (Wildman–Crippen LogP) is 3.72. The molecule has 0 atom stereocenters. The molecule has 0 saturated carbocycles. The fourth-order valence-corrected chi connectivity index (χ4v) is 2.49. The van der Waals surface area contributed by atoms with Gasteiger partial charge in [0.15, 0.2) is 0 Å². The van der Waals surface area contributed by atoms with Crippen molar-refractivity contribution in [3.63, 3.8) is 0 Å². The van der Waals surface area contributed by atoms with Crippen molar-refractivity contribution in [3.8, 4) is 5.75 Å². The first kappa shape index (κ1) is 14.9. The van der Waals surface area contributed by atoms with Crippen LogP contribution in [0, 0.1) is 0 Å². The Morgan fingerprint density at radius 1 is 1.18 bits per heavy atom. The maximum atomic E-state index is 10.6. The Labute approximate surface area is 115 Å². The number of unbranched alkanes of at least 4 members (excludes halogenated alkanes) is 1. The third-order valence-corrected chi connectivity index (χ3v) is 3.70. The highest BCUT2D eigenvalue weighted by Crippen LogP contribution is 2.27. The van der Waals surface area contributed by atoms with Crippen LogP contribution in [0.2, 0.25) is 10.0 Å². The molecule has 0 aliphatic carbocycles. The van der Waals surface area contributed by atoms with Gasteiger partial charge < -0.3 is 4.74 Å². The largest absolute Gasteiger partial charge is 0.492 e. The second kappa shape index (κ2) is 6.69. The van der Waals surface area contributed by atoms with Gasteiger partial charge in [-0.2, -0.15) is 0 Å². The molecule has 7 heteroatoms. The lowest BCUT2D eigenvalue weighted by Gasteiger charge is -2.07. The van der Waals surface area contributed by atoms with Gasteiger partial charge in [-0.05, 0) is 31.0 Å². The minimum atomic E-state index is -3.41. The summed E-state index contributed by atoms with van der Waals surface area (Å²) in [6.07, 6.45) is 1.04. The van der Waals surface area contributed by atoms with Crippen LogP contribution in [0.1, 0.15) is 12.8 Å². The Bertz CT molecular complexity index is 474. The summed E-state index contributed by atoms with van der Waals surface area (Å²) in [6.45, 7) is 0.383. The van der Waals surface area contributed by atoms with Gasteiger partial charge in [0.05, 0.1) is 17.4 Å². The highest BCUT2D eigenvalue weighted by Gasteiger charge is 2.05. The molecule has 0 bridgehead atoms. The number of halogens is 3. The zero-order chi connectivity index (χ0) is 12.9. The van der Waals surface area contributed by atoms with Gasteiger partial charge in [-0.15, -0.1) is 0 Å². The van der Waals surface area contributed by atoms with Gasteiger partial charge in [0.25, 0.3) is 0 Å². The average molecular weight is 318 g/mol. The van der Waals surface area contributed by atoms with Gasteiger partial charge in [0, 0.05) is 15.7 Å². The van der Waals surface area contributed by atoms with Crippen molar-refractivity contribution in [1.29, 1.82) is 0 Å². The summed E-state index contributed by atoms with van der Waals surface area (Å²) < 4.78 is 26.7. The topological polar surface area (TPSA) is 43.4 Å². The first-order chi connectivity index (χ1) is 7.88. The molecule has 1 aromatic carbocycles. The molecule has 0 saturated heterocycles. The Morgan fingerprint density at radius 2 is 1.88 bits per heavy atom. The van der Waals surface area contributed by atoms with Crippen LogP contribution in [-0.2, 0) is 9.05 Å². The van der Waals surface area contributed by atoms with Gasteiger partial charge >= 0.3 is 0 Å². The highest BCUT2D eigenvalue weighted by molar-refractivity contribution is 8.13. The van der Waals surface area contributed by atoms with E-state index in [9.17, 15) is 8.42 Å². The Hall–Kier alpha value is -0.160. The van der Waals surface area contributed by atoms with Gasteiger partial charge in [-0.3, -0.25) is 0 Å². The van der Waals surface area contributed by atoms with Crippen molar-refractivity contribution in [1.82, 2.24) is 0 Å². The first-order valence-corrected chi connectivity index (χ1v) is 8.12. The van der Waals surface area contributed by atoms with Crippen LogP contribution >= 0.6 is 33.9 Å². The Balaban J connectivity index is 2.32. The van der Waals surface area contributed by atoms with Crippen LogP contribution in [0.25, 0.3) is 0 Å². The maximum absolute atomic E-state index is 10.6. The molecular weight excluding hydrogens is 307 g/mol. The second-order valence-electron chi connectivity index (χ2n) is 3.37. The minimum absolute atomic E-state index is 0.0493. The lowest BCUT2D eigenvalue weighted by Crippen LogP contribution is -2.02. The van der Waals surface area contributed by atoms with Crippen LogP contribution in [0.15, 0.2) is 18.2 Å². The van der Waals surface area contributed by atoms with Gasteiger partial charge in [-0.1, -0.05) is 23.2 Å². The molecule has 17 heavy (non-hydrogen) atoms. The smallest absolute Gasteiger partial charge is 0.232 e. The molecule has 0 heterocycles. The monoisotopic (exact) mass is 316 g/mol. The van der Waals surface area contributed by atoms with E-state index in [1.807, 2.05) is 0 Å². The lowest BCUT2D eigenvalue weighted by molar-refractivity contribution is 0.310. The zero-order valence-corrected chi connectivity index (χ0v) is 11.9. The fraction of sp³-hybridized carbons (Fsp3) is 0.400. The summed E-state index contributed by atoms with van der Waals surface area (Å²) in [5, 5.41) is 0.970. The lowest BCUT2D eigenvalue weighted by atomic mass is 10.3. The van der Waals surface area contributed by atoms with Crippen molar-refractivity contribution in [3.05, 3.63) is 28.2 Å². The quantitative estimate of drug-likeness (QED) is 0.593. The summed E-state index contributed by atoms with van der Waals surface area (Å²) >= 11 is 11.6. The van der Waals surface area contributed by atoms with Crippen LogP contribution in [0.3, 0.4) is 0 Å². The molecule has 0 unspecified atom stereocenters. The van der Waals surface area contributed by atoms with Gasteiger partial charge in [0.2, 0.25) is 9.05 Å². The molecule has 0 aliphatic rings. The van der Waals surface area contributed by atoms with E-state index >= 15 is 0 Å². The SMILES string of the molecule is O=S(=O)(Cl)CCCCOc1ccc(Cl)cc1Cl. The van der Waals surface area contributed by atoms with E-state index in [1.54, 1.807) is 18.2 Å².